The molecule has 2 aliphatic heterocycles. The van der Waals surface area contributed by atoms with E-state index in [0.29, 0.717) is 13.2 Å². The van der Waals surface area contributed by atoms with Crippen LogP contribution in [0.4, 0.5) is 0 Å². The zero-order chi connectivity index (χ0) is 16.4. The van der Waals surface area contributed by atoms with E-state index in [2.05, 4.69) is 42.8 Å². The number of rotatable bonds is 6. The Hall–Kier alpha value is -1.23. The van der Waals surface area contributed by atoms with Crippen molar-refractivity contribution in [3.05, 3.63) is 11.9 Å². The van der Waals surface area contributed by atoms with E-state index in [1.807, 2.05) is 13.1 Å². The summed E-state index contributed by atoms with van der Waals surface area (Å²) in [4.78, 5) is 17.1. The van der Waals surface area contributed by atoms with Crippen LogP contribution in [0.15, 0.2) is 11.9 Å². The lowest BCUT2D eigenvalue weighted by Gasteiger charge is -2.39. The molecule has 22 heavy (non-hydrogen) atoms. The summed E-state index contributed by atoms with van der Waals surface area (Å²) in [5.74, 6) is 0.0223. The summed E-state index contributed by atoms with van der Waals surface area (Å²) >= 11 is 0. The molecule has 1 amide bonds. The number of nitrogens with zero attached hydrogens (tertiary/aromatic N) is 2. The fourth-order valence-electron chi connectivity index (χ4n) is 2.70. The zero-order valence-corrected chi connectivity index (χ0v) is 14.7. The highest BCUT2D eigenvalue weighted by Crippen LogP contribution is 2.26. The first-order valence-electron chi connectivity index (χ1n) is 8.39. The van der Waals surface area contributed by atoms with E-state index in [9.17, 15) is 4.79 Å². The van der Waals surface area contributed by atoms with Gasteiger partial charge in [-0.15, -0.1) is 0 Å². The number of ether oxygens (including phenoxy) is 1. The first kappa shape index (κ1) is 17.1. The average molecular weight is 309 g/mol. The van der Waals surface area contributed by atoms with Crippen LogP contribution in [-0.2, 0) is 9.53 Å². The third-order valence-corrected chi connectivity index (χ3v) is 4.32. The molecule has 0 radical (unpaired) electrons. The molecule has 5 heteroatoms. The quantitative estimate of drug-likeness (QED) is 0.765. The average Bonchev–Trinajstić information content (AvgIpc) is 2.81. The largest absolute Gasteiger partial charge is 0.376 e. The fourth-order valence-corrected chi connectivity index (χ4v) is 2.70. The van der Waals surface area contributed by atoms with Crippen molar-refractivity contribution in [1.29, 1.82) is 0 Å². The summed E-state index contributed by atoms with van der Waals surface area (Å²) < 4.78 is 5.22. The summed E-state index contributed by atoms with van der Waals surface area (Å²) in [5.41, 5.74) is 0.607. The minimum absolute atomic E-state index is 0.0223. The van der Waals surface area contributed by atoms with Gasteiger partial charge >= 0.3 is 0 Å². The van der Waals surface area contributed by atoms with E-state index in [1.54, 1.807) is 0 Å². The number of unbranched alkanes of at least 4 members (excludes halogenated alkanes) is 2. The molecule has 0 unspecified atom stereocenters. The molecule has 2 rings (SSSR count). The lowest BCUT2D eigenvalue weighted by Crippen LogP contribution is -2.60. The maximum absolute atomic E-state index is 12.7. The molecule has 2 heterocycles. The van der Waals surface area contributed by atoms with Gasteiger partial charge in [-0.25, -0.2) is 0 Å². The van der Waals surface area contributed by atoms with Crippen molar-refractivity contribution in [2.75, 3.05) is 26.4 Å². The summed E-state index contributed by atoms with van der Waals surface area (Å²) in [6.07, 6.45) is 5.54. The highest BCUT2D eigenvalue weighted by molar-refractivity contribution is 5.93. The molecule has 1 fully saturated rings. The highest BCUT2D eigenvalue weighted by Gasteiger charge is 2.38. The smallest absolute Gasteiger partial charge is 0.269 e. The molecule has 0 aromatic carbocycles. The van der Waals surface area contributed by atoms with Crippen molar-refractivity contribution in [3.63, 3.8) is 0 Å². The summed E-state index contributed by atoms with van der Waals surface area (Å²) in [5, 5.41) is 3.13. The summed E-state index contributed by atoms with van der Waals surface area (Å²) in [6.45, 7) is 13.7. The molecule has 126 valence electrons. The number of hydrogen-bond acceptors (Lipinski definition) is 4. The van der Waals surface area contributed by atoms with E-state index in [4.69, 9.17) is 4.74 Å². The molecular formula is C17H31N3O2. The standard InChI is InChI=1S/C17H31N3O2/c1-6-7-8-9-19-13-20(16(2,3)4)10-14(19)15(21)18-17(5)11-22-12-17/h10H,6-9,11-13H2,1-5H3,(H,18,21). The number of hydrogen-bond donors (Lipinski definition) is 1. The normalized spacial score (nSPS) is 20.7. The van der Waals surface area contributed by atoms with Crippen LogP contribution in [-0.4, -0.2) is 53.2 Å². The second kappa shape index (κ2) is 6.49. The topological polar surface area (TPSA) is 44.8 Å². The third-order valence-electron chi connectivity index (χ3n) is 4.32. The molecule has 5 nitrogen and oxygen atoms in total. The lowest BCUT2D eigenvalue weighted by atomic mass is 10.0. The van der Waals surface area contributed by atoms with Crippen LogP contribution in [0.2, 0.25) is 0 Å². The lowest BCUT2D eigenvalue weighted by molar-refractivity contribution is -0.128. The van der Waals surface area contributed by atoms with Gasteiger partial charge in [0.1, 0.15) is 5.70 Å². The Kier molecular flexibility index (Phi) is 5.05. The van der Waals surface area contributed by atoms with Crippen molar-refractivity contribution in [1.82, 2.24) is 15.1 Å². The summed E-state index contributed by atoms with van der Waals surface area (Å²) in [6, 6.07) is 0. The van der Waals surface area contributed by atoms with E-state index < -0.39 is 0 Å². The van der Waals surface area contributed by atoms with Crippen molar-refractivity contribution >= 4 is 5.91 Å². The van der Waals surface area contributed by atoms with Crippen LogP contribution in [0.1, 0.15) is 53.9 Å². The Bertz CT molecular complexity index is 436. The van der Waals surface area contributed by atoms with Gasteiger partial charge in [0.25, 0.3) is 5.91 Å². The van der Waals surface area contributed by atoms with Gasteiger partial charge in [0.15, 0.2) is 0 Å². The Balaban J connectivity index is 2.05. The van der Waals surface area contributed by atoms with Crippen molar-refractivity contribution in [2.24, 2.45) is 0 Å². The molecule has 1 N–H and O–H groups in total. The van der Waals surface area contributed by atoms with Crippen LogP contribution in [0.25, 0.3) is 0 Å². The molecule has 2 aliphatic rings. The Morgan fingerprint density at radius 1 is 1.36 bits per heavy atom. The number of amides is 1. The predicted molar refractivity (Wildman–Crippen MR) is 88.1 cm³/mol. The van der Waals surface area contributed by atoms with Gasteiger partial charge in [-0.2, -0.15) is 0 Å². The molecule has 1 saturated heterocycles. The van der Waals surface area contributed by atoms with E-state index in [-0.39, 0.29) is 17.0 Å². The van der Waals surface area contributed by atoms with Crippen molar-refractivity contribution in [2.45, 2.75) is 65.0 Å². The van der Waals surface area contributed by atoms with Gasteiger partial charge in [-0.3, -0.25) is 4.79 Å². The Morgan fingerprint density at radius 2 is 2.05 bits per heavy atom. The van der Waals surface area contributed by atoms with Gasteiger partial charge in [0.2, 0.25) is 0 Å². The predicted octanol–water partition coefficient (Wildman–Crippen LogP) is 2.30. The molecule has 0 atom stereocenters. The SMILES string of the molecule is CCCCCN1CN(C(C)(C)C)C=C1C(=O)NC1(C)COC1. The van der Waals surface area contributed by atoms with Crippen LogP contribution < -0.4 is 5.32 Å². The van der Waals surface area contributed by atoms with Gasteiger partial charge in [-0.1, -0.05) is 19.8 Å². The molecular weight excluding hydrogens is 278 g/mol. The molecule has 0 aliphatic carbocycles. The fraction of sp³-hybridized carbons (Fsp3) is 0.824. The maximum Gasteiger partial charge on any atom is 0.269 e. The third kappa shape index (κ3) is 3.94. The van der Waals surface area contributed by atoms with Gasteiger partial charge in [-0.05, 0) is 34.1 Å². The van der Waals surface area contributed by atoms with Crippen LogP contribution in [0, 0.1) is 0 Å². The van der Waals surface area contributed by atoms with E-state index in [1.165, 1.54) is 12.8 Å². The van der Waals surface area contributed by atoms with Gasteiger partial charge in [0, 0.05) is 18.3 Å². The second-order valence-electron chi connectivity index (χ2n) is 7.77. The number of carbonyl (C=O) groups is 1. The van der Waals surface area contributed by atoms with Crippen LogP contribution >= 0.6 is 0 Å². The zero-order valence-electron chi connectivity index (χ0n) is 14.7. The van der Waals surface area contributed by atoms with Crippen LogP contribution in [0.3, 0.4) is 0 Å². The number of carbonyl (C=O) groups excluding carboxylic acids is 1. The van der Waals surface area contributed by atoms with Gasteiger partial charge < -0.3 is 19.9 Å². The molecule has 0 aromatic rings. The maximum atomic E-state index is 12.7. The second-order valence-corrected chi connectivity index (χ2v) is 7.77. The highest BCUT2D eigenvalue weighted by atomic mass is 16.5. The van der Waals surface area contributed by atoms with Crippen molar-refractivity contribution < 1.29 is 9.53 Å². The monoisotopic (exact) mass is 309 g/mol. The molecule has 0 aromatic heterocycles. The first-order chi connectivity index (χ1) is 10.2. The Labute approximate surface area is 134 Å². The van der Waals surface area contributed by atoms with E-state index >= 15 is 0 Å². The molecule has 0 saturated carbocycles. The summed E-state index contributed by atoms with van der Waals surface area (Å²) in [7, 11) is 0. The number of nitrogens with one attached hydrogen (secondary N) is 1. The van der Waals surface area contributed by atoms with E-state index in [0.717, 1.165) is 25.3 Å². The Morgan fingerprint density at radius 3 is 2.55 bits per heavy atom. The van der Waals surface area contributed by atoms with Gasteiger partial charge in [0.05, 0.1) is 25.4 Å². The minimum atomic E-state index is -0.206. The van der Waals surface area contributed by atoms with Crippen LogP contribution in [0.5, 0.6) is 0 Å². The molecule has 0 spiro atoms. The van der Waals surface area contributed by atoms with Crippen molar-refractivity contribution in [3.8, 4) is 0 Å². The molecule has 0 bridgehead atoms. The first-order valence-corrected chi connectivity index (χ1v) is 8.39. The minimum Gasteiger partial charge on any atom is -0.376 e.